The molecule has 3 heteroatoms. The second-order valence-electron chi connectivity index (χ2n) is 5.48. The Morgan fingerprint density at radius 3 is 2.37 bits per heavy atom. The van der Waals surface area contributed by atoms with Crippen LogP contribution >= 0.6 is 0 Å². The number of carbonyl (C=O) groups is 1. The van der Waals surface area contributed by atoms with Gasteiger partial charge in [-0.3, -0.25) is 4.79 Å². The van der Waals surface area contributed by atoms with Crippen molar-refractivity contribution in [3.8, 4) is 0 Å². The zero-order valence-corrected chi connectivity index (χ0v) is 12.2. The minimum absolute atomic E-state index is 0.227. The summed E-state index contributed by atoms with van der Waals surface area (Å²) in [4.78, 5) is 16.7. The fraction of sp³-hybridized carbons (Fsp3) is 0.562. The van der Waals surface area contributed by atoms with E-state index in [1.165, 1.54) is 12.8 Å². The summed E-state index contributed by atoms with van der Waals surface area (Å²) in [6.07, 6.45) is 4.04. The van der Waals surface area contributed by atoms with E-state index in [-0.39, 0.29) is 5.91 Å². The highest BCUT2D eigenvalue weighted by atomic mass is 16.2. The van der Waals surface area contributed by atoms with Gasteiger partial charge < -0.3 is 9.80 Å². The van der Waals surface area contributed by atoms with Crippen LogP contribution in [0.15, 0.2) is 30.3 Å². The molecular weight excluding hydrogens is 236 g/mol. The van der Waals surface area contributed by atoms with Crippen molar-refractivity contribution in [2.75, 3.05) is 19.0 Å². The fourth-order valence-corrected chi connectivity index (χ4v) is 3.10. The normalized spacial score (nSPS) is 22.7. The van der Waals surface area contributed by atoms with Crippen LogP contribution in [0.3, 0.4) is 0 Å². The number of amides is 1. The number of anilines is 1. The molecule has 0 N–H and O–H groups in total. The second-order valence-corrected chi connectivity index (χ2v) is 5.48. The van der Waals surface area contributed by atoms with Crippen molar-refractivity contribution in [3.63, 3.8) is 0 Å². The minimum atomic E-state index is 0.227. The third-order valence-electron chi connectivity index (χ3n) is 4.04. The van der Waals surface area contributed by atoms with E-state index < -0.39 is 0 Å². The predicted octanol–water partition coefficient (Wildman–Crippen LogP) is 2.91. The Balaban J connectivity index is 2.30. The molecule has 104 valence electrons. The molecule has 0 radical (unpaired) electrons. The summed E-state index contributed by atoms with van der Waals surface area (Å²) >= 11 is 0. The minimum Gasteiger partial charge on any atom is -0.308 e. The molecule has 0 aromatic heterocycles. The lowest BCUT2D eigenvalue weighted by Gasteiger charge is -2.36. The van der Waals surface area contributed by atoms with Crippen molar-refractivity contribution in [1.82, 2.24) is 4.90 Å². The van der Waals surface area contributed by atoms with Crippen molar-refractivity contribution < 1.29 is 4.79 Å². The van der Waals surface area contributed by atoms with Crippen LogP contribution in [0.4, 0.5) is 5.69 Å². The molecule has 1 aliphatic carbocycles. The lowest BCUT2D eigenvalue weighted by atomic mass is 10.1. The van der Waals surface area contributed by atoms with E-state index in [0.29, 0.717) is 18.5 Å². The highest BCUT2D eigenvalue weighted by Gasteiger charge is 2.36. The van der Waals surface area contributed by atoms with E-state index >= 15 is 0 Å². The van der Waals surface area contributed by atoms with E-state index in [1.807, 2.05) is 42.2 Å². The molecule has 0 saturated heterocycles. The van der Waals surface area contributed by atoms with Gasteiger partial charge in [0.2, 0.25) is 5.91 Å². The predicted molar refractivity (Wildman–Crippen MR) is 79.3 cm³/mol. The summed E-state index contributed by atoms with van der Waals surface area (Å²) in [6, 6.07) is 10.9. The summed E-state index contributed by atoms with van der Waals surface area (Å²) in [5.74, 6) is 0.227. The Morgan fingerprint density at radius 2 is 1.79 bits per heavy atom. The van der Waals surface area contributed by atoms with Crippen molar-refractivity contribution >= 4 is 11.6 Å². The molecule has 1 aliphatic rings. The van der Waals surface area contributed by atoms with Crippen LogP contribution < -0.4 is 4.90 Å². The van der Waals surface area contributed by atoms with Crippen molar-refractivity contribution in [3.05, 3.63) is 30.3 Å². The van der Waals surface area contributed by atoms with E-state index in [2.05, 4.69) is 19.0 Å². The molecule has 0 bridgehead atoms. The zero-order chi connectivity index (χ0) is 13.8. The van der Waals surface area contributed by atoms with Crippen LogP contribution in [0.25, 0.3) is 0 Å². The Morgan fingerprint density at radius 1 is 1.16 bits per heavy atom. The molecule has 1 saturated carbocycles. The van der Waals surface area contributed by atoms with Crippen LogP contribution in [0.2, 0.25) is 0 Å². The number of hydrogen-bond acceptors (Lipinski definition) is 2. The topological polar surface area (TPSA) is 23.6 Å². The van der Waals surface area contributed by atoms with Gasteiger partial charge >= 0.3 is 0 Å². The van der Waals surface area contributed by atoms with E-state index in [4.69, 9.17) is 0 Å². The number of rotatable bonds is 4. The highest BCUT2D eigenvalue weighted by molar-refractivity contribution is 5.93. The molecule has 1 aromatic rings. The SMILES string of the molecule is CCC(=O)N(c1ccccc1)C1CCCC1N(C)C. The fourth-order valence-electron chi connectivity index (χ4n) is 3.10. The van der Waals surface area contributed by atoms with Crippen molar-refractivity contribution in [1.29, 1.82) is 0 Å². The largest absolute Gasteiger partial charge is 0.308 e. The maximum absolute atomic E-state index is 12.4. The van der Waals surface area contributed by atoms with Gasteiger partial charge in [0.05, 0.1) is 6.04 Å². The summed E-state index contributed by atoms with van der Waals surface area (Å²) in [7, 11) is 4.23. The van der Waals surface area contributed by atoms with Crippen LogP contribution in [-0.4, -0.2) is 37.0 Å². The number of benzene rings is 1. The number of para-hydroxylation sites is 1. The lowest BCUT2D eigenvalue weighted by Crippen LogP contribution is -2.49. The number of hydrogen-bond donors (Lipinski definition) is 0. The first kappa shape index (κ1) is 14.1. The van der Waals surface area contributed by atoms with Gasteiger partial charge in [0, 0.05) is 18.2 Å². The Bertz CT molecular complexity index is 416. The van der Waals surface area contributed by atoms with Gasteiger partial charge in [0.1, 0.15) is 0 Å². The van der Waals surface area contributed by atoms with E-state index in [1.54, 1.807) is 0 Å². The average Bonchev–Trinajstić information content (AvgIpc) is 2.89. The van der Waals surface area contributed by atoms with Crippen molar-refractivity contribution in [2.24, 2.45) is 0 Å². The van der Waals surface area contributed by atoms with Gasteiger partial charge in [0.15, 0.2) is 0 Å². The lowest BCUT2D eigenvalue weighted by molar-refractivity contribution is -0.119. The van der Waals surface area contributed by atoms with Crippen LogP contribution in [0, 0.1) is 0 Å². The van der Waals surface area contributed by atoms with Gasteiger partial charge in [-0.05, 0) is 45.5 Å². The van der Waals surface area contributed by atoms with Crippen molar-refractivity contribution in [2.45, 2.75) is 44.7 Å². The Kier molecular flexibility index (Phi) is 4.59. The molecule has 2 atom stereocenters. The summed E-state index contributed by atoms with van der Waals surface area (Å²) in [5.41, 5.74) is 1.04. The molecule has 1 amide bonds. The molecule has 0 spiro atoms. The standard InChI is InChI=1S/C16H24N2O/c1-4-16(19)18(13-9-6-5-7-10-13)15-12-8-11-14(15)17(2)3/h5-7,9-10,14-15H,4,8,11-12H2,1-3H3. The molecule has 19 heavy (non-hydrogen) atoms. The molecule has 1 aromatic carbocycles. The maximum Gasteiger partial charge on any atom is 0.227 e. The Hall–Kier alpha value is -1.35. The number of carbonyl (C=O) groups excluding carboxylic acids is 1. The number of nitrogens with zero attached hydrogens (tertiary/aromatic N) is 2. The number of likely N-dealkylation sites (N-methyl/N-ethyl adjacent to an activating group) is 1. The van der Waals surface area contributed by atoms with Gasteiger partial charge in [0.25, 0.3) is 0 Å². The smallest absolute Gasteiger partial charge is 0.227 e. The average molecular weight is 260 g/mol. The van der Waals surface area contributed by atoms with Gasteiger partial charge in [-0.25, -0.2) is 0 Å². The van der Waals surface area contributed by atoms with Gasteiger partial charge in [-0.15, -0.1) is 0 Å². The second kappa shape index (κ2) is 6.20. The van der Waals surface area contributed by atoms with E-state index in [9.17, 15) is 4.79 Å². The first-order valence-electron chi connectivity index (χ1n) is 7.18. The molecule has 0 aliphatic heterocycles. The summed E-state index contributed by atoms with van der Waals surface area (Å²) < 4.78 is 0. The highest BCUT2D eigenvalue weighted by Crippen LogP contribution is 2.31. The van der Waals surface area contributed by atoms with Gasteiger partial charge in [-0.2, -0.15) is 0 Å². The Labute approximate surface area is 116 Å². The monoisotopic (exact) mass is 260 g/mol. The molecule has 2 rings (SSSR count). The molecule has 2 unspecified atom stereocenters. The summed E-state index contributed by atoms with van der Waals surface area (Å²) in [5, 5.41) is 0. The quantitative estimate of drug-likeness (QED) is 0.831. The maximum atomic E-state index is 12.4. The van der Waals surface area contributed by atoms with E-state index in [0.717, 1.165) is 12.1 Å². The molecular formula is C16H24N2O. The van der Waals surface area contributed by atoms with Crippen LogP contribution in [-0.2, 0) is 4.79 Å². The summed E-state index contributed by atoms with van der Waals surface area (Å²) in [6.45, 7) is 1.94. The van der Waals surface area contributed by atoms with Crippen LogP contribution in [0.1, 0.15) is 32.6 Å². The third-order valence-corrected chi connectivity index (χ3v) is 4.04. The van der Waals surface area contributed by atoms with Gasteiger partial charge in [-0.1, -0.05) is 25.1 Å². The first-order chi connectivity index (χ1) is 9.15. The third kappa shape index (κ3) is 2.98. The van der Waals surface area contributed by atoms with Crippen LogP contribution in [0.5, 0.6) is 0 Å². The zero-order valence-electron chi connectivity index (χ0n) is 12.2. The molecule has 1 fully saturated rings. The first-order valence-corrected chi connectivity index (χ1v) is 7.18. The molecule has 0 heterocycles. The molecule has 3 nitrogen and oxygen atoms in total.